The Labute approximate surface area is 173 Å². The first-order valence-electron chi connectivity index (χ1n) is 10.5. The van der Waals surface area contributed by atoms with Gasteiger partial charge in [-0.3, -0.25) is 0 Å². The van der Waals surface area contributed by atoms with Gasteiger partial charge in [0.05, 0.1) is 6.10 Å². The molecule has 1 aliphatic carbocycles. The highest BCUT2D eigenvalue weighted by molar-refractivity contribution is 5.42. The van der Waals surface area contributed by atoms with Crippen LogP contribution >= 0.6 is 0 Å². The van der Waals surface area contributed by atoms with Crippen molar-refractivity contribution in [2.75, 3.05) is 19.7 Å². The normalized spacial score (nSPS) is 20.4. The second-order valence-electron chi connectivity index (χ2n) is 7.81. The summed E-state index contributed by atoms with van der Waals surface area (Å²) in [6.45, 7) is 2.18. The van der Waals surface area contributed by atoms with Gasteiger partial charge in [0.25, 0.3) is 0 Å². The molecule has 0 amide bonds. The summed E-state index contributed by atoms with van der Waals surface area (Å²) in [7, 11) is 0. The molecule has 3 aromatic carbocycles. The van der Waals surface area contributed by atoms with Crippen LogP contribution in [-0.2, 0) is 5.41 Å². The Kier molecular flexibility index (Phi) is 6.28. The van der Waals surface area contributed by atoms with Crippen molar-refractivity contribution in [3.63, 3.8) is 0 Å². The van der Waals surface area contributed by atoms with Crippen LogP contribution in [0.2, 0.25) is 0 Å². The first-order valence-corrected chi connectivity index (χ1v) is 10.5. The van der Waals surface area contributed by atoms with Crippen molar-refractivity contribution in [3.05, 3.63) is 102 Å². The number of aliphatic hydroxyl groups excluding tert-OH is 1. The molecular weight excluding hydrogens is 358 g/mol. The van der Waals surface area contributed by atoms with Crippen LogP contribution in [0.5, 0.6) is 5.75 Å². The lowest BCUT2D eigenvalue weighted by Crippen LogP contribution is -2.41. The van der Waals surface area contributed by atoms with Crippen LogP contribution < -0.4 is 10.1 Å². The number of benzene rings is 3. The van der Waals surface area contributed by atoms with E-state index in [1.807, 2.05) is 42.5 Å². The molecule has 0 spiro atoms. The minimum Gasteiger partial charge on any atom is -0.492 e. The molecule has 0 saturated heterocycles. The van der Waals surface area contributed by atoms with Gasteiger partial charge in [-0.1, -0.05) is 78.9 Å². The van der Waals surface area contributed by atoms with Crippen molar-refractivity contribution in [1.82, 2.24) is 5.32 Å². The van der Waals surface area contributed by atoms with Crippen molar-refractivity contribution in [2.24, 2.45) is 5.92 Å². The minimum atomic E-state index is -0.421. The molecule has 4 rings (SSSR count). The lowest BCUT2D eigenvalue weighted by Gasteiger charge is -2.36. The molecule has 0 unspecified atom stereocenters. The smallest absolute Gasteiger partial charge is 0.119 e. The molecule has 3 aromatic rings. The number of hydrogen-bond donors (Lipinski definition) is 2. The van der Waals surface area contributed by atoms with Gasteiger partial charge >= 0.3 is 0 Å². The summed E-state index contributed by atoms with van der Waals surface area (Å²) < 4.78 is 5.75. The Morgan fingerprint density at radius 3 is 1.97 bits per heavy atom. The molecule has 150 valence electrons. The van der Waals surface area contributed by atoms with Gasteiger partial charge in [-0.2, -0.15) is 0 Å². The van der Waals surface area contributed by atoms with Crippen molar-refractivity contribution in [1.29, 1.82) is 0 Å². The predicted octanol–water partition coefficient (Wildman–Crippen LogP) is 4.41. The van der Waals surface area contributed by atoms with E-state index in [1.165, 1.54) is 11.1 Å². The Balaban J connectivity index is 1.41. The molecule has 1 saturated carbocycles. The van der Waals surface area contributed by atoms with E-state index < -0.39 is 6.10 Å². The van der Waals surface area contributed by atoms with E-state index in [9.17, 15) is 5.11 Å². The van der Waals surface area contributed by atoms with E-state index >= 15 is 0 Å². The van der Waals surface area contributed by atoms with E-state index in [0.29, 0.717) is 6.61 Å². The average Bonchev–Trinajstić information content (AvgIpc) is 3.12. The molecule has 0 aromatic heterocycles. The summed E-state index contributed by atoms with van der Waals surface area (Å²) in [6.07, 6.45) is 1.53. The maximum absolute atomic E-state index is 11.5. The number of hydrogen-bond acceptors (Lipinski definition) is 3. The number of ether oxygens (including phenoxy) is 1. The van der Waals surface area contributed by atoms with Gasteiger partial charge < -0.3 is 15.2 Å². The number of nitrogens with one attached hydrogen (secondary N) is 1. The number of aliphatic hydroxyl groups is 1. The highest BCUT2D eigenvalue weighted by atomic mass is 16.5. The zero-order chi connectivity index (χ0) is 19.9. The molecule has 0 radical (unpaired) electrons. The van der Waals surface area contributed by atoms with Crippen molar-refractivity contribution < 1.29 is 9.84 Å². The first kappa shape index (κ1) is 19.7. The molecule has 1 fully saturated rings. The third-order valence-electron chi connectivity index (χ3n) is 6.14. The molecule has 0 aliphatic heterocycles. The highest BCUT2D eigenvalue weighted by Crippen LogP contribution is 2.48. The number of rotatable bonds is 8. The van der Waals surface area contributed by atoms with Gasteiger partial charge in [0.15, 0.2) is 0 Å². The minimum absolute atomic E-state index is 0.215. The van der Waals surface area contributed by atoms with Crippen LogP contribution in [0.4, 0.5) is 0 Å². The van der Waals surface area contributed by atoms with Crippen molar-refractivity contribution in [3.8, 4) is 5.75 Å². The van der Waals surface area contributed by atoms with Gasteiger partial charge in [-0.25, -0.2) is 0 Å². The van der Waals surface area contributed by atoms with Crippen molar-refractivity contribution >= 4 is 0 Å². The van der Waals surface area contributed by atoms with E-state index in [1.54, 1.807) is 0 Å². The zero-order valence-electron chi connectivity index (χ0n) is 16.7. The molecule has 3 nitrogen and oxygen atoms in total. The lowest BCUT2D eigenvalue weighted by atomic mass is 9.71. The maximum Gasteiger partial charge on any atom is 0.119 e. The summed E-state index contributed by atoms with van der Waals surface area (Å²) in [4.78, 5) is 0. The van der Waals surface area contributed by atoms with Gasteiger partial charge in [-0.15, -0.1) is 0 Å². The third-order valence-corrected chi connectivity index (χ3v) is 6.14. The molecule has 0 heterocycles. The monoisotopic (exact) mass is 387 g/mol. The van der Waals surface area contributed by atoms with Crippen LogP contribution in [-0.4, -0.2) is 30.9 Å². The van der Waals surface area contributed by atoms with E-state index in [0.717, 1.165) is 31.7 Å². The fraction of sp³-hybridized carbons (Fsp3) is 0.308. The summed E-state index contributed by atoms with van der Waals surface area (Å²) >= 11 is 0. The SMILES string of the molecule is O[C@H]1[C@@H](CNCCOc2ccccc2)CCC1(c1ccccc1)c1ccccc1. The Morgan fingerprint density at radius 1 is 0.828 bits per heavy atom. The first-order chi connectivity index (χ1) is 14.3. The van der Waals surface area contributed by atoms with Crippen LogP contribution in [0, 0.1) is 5.92 Å². The molecular formula is C26H29NO2. The van der Waals surface area contributed by atoms with Gasteiger partial charge in [0, 0.05) is 18.5 Å². The molecule has 1 aliphatic rings. The Hall–Kier alpha value is -2.62. The van der Waals surface area contributed by atoms with Crippen LogP contribution in [0.1, 0.15) is 24.0 Å². The lowest BCUT2D eigenvalue weighted by molar-refractivity contribution is 0.0855. The maximum atomic E-state index is 11.5. The Bertz CT molecular complexity index is 827. The molecule has 3 heteroatoms. The van der Waals surface area contributed by atoms with Crippen LogP contribution in [0.3, 0.4) is 0 Å². The predicted molar refractivity (Wildman–Crippen MR) is 117 cm³/mol. The van der Waals surface area contributed by atoms with Crippen LogP contribution in [0.25, 0.3) is 0 Å². The fourth-order valence-corrected chi connectivity index (χ4v) is 4.65. The van der Waals surface area contributed by atoms with Crippen molar-refractivity contribution in [2.45, 2.75) is 24.4 Å². The quantitative estimate of drug-likeness (QED) is 0.563. The molecule has 29 heavy (non-hydrogen) atoms. The molecule has 2 N–H and O–H groups in total. The van der Waals surface area contributed by atoms with E-state index in [-0.39, 0.29) is 11.3 Å². The van der Waals surface area contributed by atoms with E-state index in [2.05, 4.69) is 53.8 Å². The number of para-hydroxylation sites is 1. The fourth-order valence-electron chi connectivity index (χ4n) is 4.65. The topological polar surface area (TPSA) is 41.5 Å². The summed E-state index contributed by atoms with van der Waals surface area (Å²) in [5.74, 6) is 1.11. The largest absolute Gasteiger partial charge is 0.492 e. The molecule has 2 atom stereocenters. The van der Waals surface area contributed by atoms with E-state index in [4.69, 9.17) is 4.74 Å². The summed E-state index contributed by atoms with van der Waals surface area (Å²) in [5, 5.41) is 15.0. The third kappa shape index (κ3) is 4.21. The van der Waals surface area contributed by atoms with Gasteiger partial charge in [0.2, 0.25) is 0 Å². The molecule has 0 bridgehead atoms. The highest BCUT2D eigenvalue weighted by Gasteiger charge is 2.49. The second kappa shape index (κ2) is 9.25. The standard InChI is InChI=1S/C26H29NO2/c28-25-21(20-27-18-19-29-24-14-8-3-9-15-24)16-17-26(25,22-10-4-1-5-11-22)23-12-6-2-7-13-23/h1-15,21,25,27-28H,16-20H2/t21-,25+/m1/s1. The summed E-state index contributed by atoms with van der Waals surface area (Å²) in [5.41, 5.74) is 2.07. The summed E-state index contributed by atoms with van der Waals surface area (Å²) in [6, 6.07) is 30.8. The van der Waals surface area contributed by atoms with Gasteiger partial charge in [0.1, 0.15) is 12.4 Å². The average molecular weight is 388 g/mol. The second-order valence-corrected chi connectivity index (χ2v) is 7.81. The zero-order valence-corrected chi connectivity index (χ0v) is 16.7. The Morgan fingerprint density at radius 2 is 1.38 bits per heavy atom. The van der Waals surface area contributed by atoms with Crippen LogP contribution in [0.15, 0.2) is 91.0 Å². The van der Waals surface area contributed by atoms with Gasteiger partial charge in [-0.05, 0) is 42.0 Å².